The average Bonchev–Trinajstić information content (AvgIpc) is 2.97. The van der Waals surface area contributed by atoms with Crippen LogP contribution in [0, 0.1) is 0 Å². The Morgan fingerprint density at radius 3 is 2.34 bits per heavy atom. The second-order valence-corrected chi connectivity index (χ2v) is 6.96. The standard InChI is InChI=1S/C21H19N3O5/c22-10-12-1-3-13(4-2-12)11-29-14-5-6-15-16(9-14)21(28)24(20(15)27)17-7-8-18(25)23-19(17)26/h1-6,9,17H,7-8,10-11,22H2,(H,23,25,26). The van der Waals surface area contributed by atoms with Crippen molar-refractivity contribution in [3.8, 4) is 5.75 Å². The summed E-state index contributed by atoms with van der Waals surface area (Å²) in [6.45, 7) is 0.758. The Balaban J connectivity index is 1.50. The van der Waals surface area contributed by atoms with Crippen molar-refractivity contribution in [2.75, 3.05) is 0 Å². The van der Waals surface area contributed by atoms with Crippen LogP contribution in [0.2, 0.25) is 0 Å². The minimum absolute atomic E-state index is 0.0844. The van der Waals surface area contributed by atoms with E-state index >= 15 is 0 Å². The summed E-state index contributed by atoms with van der Waals surface area (Å²) in [5.41, 5.74) is 7.95. The summed E-state index contributed by atoms with van der Waals surface area (Å²) in [6.07, 6.45) is 0.208. The fourth-order valence-corrected chi connectivity index (χ4v) is 3.48. The van der Waals surface area contributed by atoms with E-state index < -0.39 is 29.7 Å². The number of rotatable bonds is 5. The van der Waals surface area contributed by atoms with Gasteiger partial charge in [0.1, 0.15) is 18.4 Å². The van der Waals surface area contributed by atoms with E-state index in [2.05, 4.69) is 5.32 Å². The van der Waals surface area contributed by atoms with Crippen molar-refractivity contribution in [2.24, 2.45) is 5.73 Å². The first-order chi connectivity index (χ1) is 14.0. The Labute approximate surface area is 166 Å². The number of hydrogen-bond donors (Lipinski definition) is 2. The van der Waals surface area contributed by atoms with E-state index in [9.17, 15) is 19.2 Å². The maximum atomic E-state index is 12.8. The van der Waals surface area contributed by atoms with E-state index in [0.717, 1.165) is 16.0 Å². The van der Waals surface area contributed by atoms with Gasteiger partial charge in [-0.3, -0.25) is 29.4 Å². The van der Waals surface area contributed by atoms with E-state index in [4.69, 9.17) is 10.5 Å². The molecule has 1 fully saturated rings. The lowest BCUT2D eigenvalue weighted by Crippen LogP contribution is -2.54. The van der Waals surface area contributed by atoms with Gasteiger partial charge < -0.3 is 10.5 Å². The lowest BCUT2D eigenvalue weighted by molar-refractivity contribution is -0.136. The van der Waals surface area contributed by atoms with E-state index in [1.807, 2.05) is 24.3 Å². The molecule has 148 valence electrons. The molecule has 8 nitrogen and oxygen atoms in total. The smallest absolute Gasteiger partial charge is 0.262 e. The Kier molecular flexibility index (Phi) is 4.85. The van der Waals surface area contributed by atoms with Crippen molar-refractivity contribution in [2.45, 2.75) is 32.0 Å². The number of piperidine rings is 1. The minimum atomic E-state index is -0.981. The first-order valence-electron chi connectivity index (χ1n) is 9.24. The molecular weight excluding hydrogens is 374 g/mol. The highest BCUT2D eigenvalue weighted by Crippen LogP contribution is 2.30. The second-order valence-electron chi connectivity index (χ2n) is 6.96. The molecular formula is C21H19N3O5. The Bertz CT molecular complexity index is 1020. The largest absolute Gasteiger partial charge is 0.489 e. The van der Waals surface area contributed by atoms with Gasteiger partial charge in [0.25, 0.3) is 11.8 Å². The monoisotopic (exact) mass is 393 g/mol. The van der Waals surface area contributed by atoms with Gasteiger partial charge in [0, 0.05) is 13.0 Å². The number of nitrogens with two attached hydrogens (primary N) is 1. The topological polar surface area (TPSA) is 119 Å². The molecule has 0 spiro atoms. The van der Waals surface area contributed by atoms with Crippen LogP contribution in [0.5, 0.6) is 5.75 Å². The van der Waals surface area contributed by atoms with Gasteiger partial charge in [0.05, 0.1) is 11.1 Å². The average molecular weight is 393 g/mol. The molecule has 3 N–H and O–H groups in total. The SMILES string of the molecule is NCc1ccc(COc2ccc3c(c2)C(=O)N(C2CCC(=O)NC2=O)C3=O)cc1. The summed E-state index contributed by atoms with van der Waals surface area (Å²) in [7, 11) is 0. The van der Waals surface area contributed by atoms with Crippen LogP contribution in [0.4, 0.5) is 0 Å². The van der Waals surface area contributed by atoms with Gasteiger partial charge in [0.2, 0.25) is 11.8 Å². The first-order valence-corrected chi connectivity index (χ1v) is 9.24. The number of fused-ring (bicyclic) bond motifs is 1. The van der Waals surface area contributed by atoms with E-state index in [0.29, 0.717) is 18.9 Å². The third-order valence-electron chi connectivity index (χ3n) is 5.08. The van der Waals surface area contributed by atoms with E-state index in [1.54, 1.807) is 6.07 Å². The second kappa shape index (κ2) is 7.48. The quantitative estimate of drug-likeness (QED) is 0.735. The van der Waals surface area contributed by atoms with Crippen LogP contribution in [0.1, 0.15) is 44.7 Å². The van der Waals surface area contributed by atoms with Crippen LogP contribution in [-0.2, 0) is 22.7 Å². The summed E-state index contributed by atoms with van der Waals surface area (Å²) < 4.78 is 5.75. The van der Waals surface area contributed by atoms with Crippen LogP contribution < -0.4 is 15.8 Å². The first kappa shape index (κ1) is 18.8. The van der Waals surface area contributed by atoms with Crippen LogP contribution >= 0.6 is 0 Å². The van der Waals surface area contributed by atoms with Gasteiger partial charge in [-0.1, -0.05) is 24.3 Å². The van der Waals surface area contributed by atoms with Crippen molar-refractivity contribution in [3.05, 3.63) is 64.7 Å². The third kappa shape index (κ3) is 3.50. The Morgan fingerprint density at radius 1 is 0.966 bits per heavy atom. The number of amides is 4. The molecule has 29 heavy (non-hydrogen) atoms. The normalized spacial score (nSPS) is 18.7. The maximum Gasteiger partial charge on any atom is 0.262 e. The number of ether oxygens (including phenoxy) is 1. The Morgan fingerprint density at radius 2 is 1.66 bits per heavy atom. The lowest BCUT2D eigenvalue weighted by atomic mass is 10.0. The van der Waals surface area contributed by atoms with Gasteiger partial charge >= 0.3 is 0 Å². The molecule has 1 atom stereocenters. The highest BCUT2D eigenvalue weighted by atomic mass is 16.5. The highest BCUT2D eigenvalue weighted by Gasteiger charge is 2.44. The molecule has 1 unspecified atom stereocenters. The van der Waals surface area contributed by atoms with E-state index in [1.165, 1.54) is 12.1 Å². The molecule has 0 bridgehead atoms. The Hall–Kier alpha value is -3.52. The zero-order valence-electron chi connectivity index (χ0n) is 15.5. The number of imide groups is 2. The number of nitrogens with zero attached hydrogens (tertiary/aromatic N) is 1. The number of nitrogens with one attached hydrogen (secondary N) is 1. The van der Waals surface area contributed by atoms with Gasteiger partial charge in [0.15, 0.2) is 0 Å². The molecule has 8 heteroatoms. The van der Waals surface area contributed by atoms with Crippen molar-refractivity contribution in [1.29, 1.82) is 0 Å². The molecule has 0 aliphatic carbocycles. The molecule has 2 aromatic rings. The molecule has 1 saturated heterocycles. The van der Waals surface area contributed by atoms with Crippen LogP contribution in [-0.4, -0.2) is 34.6 Å². The highest BCUT2D eigenvalue weighted by molar-refractivity contribution is 6.23. The molecule has 4 rings (SSSR count). The predicted molar refractivity (Wildman–Crippen MR) is 102 cm³/mol. The molecule has 2 aromatic carbocycles. The number of carbonyl (C=O) groups is 4. The van der Waals surface area contributed by atoms with Gasteiger partial charge in [-0.25, -0.2) is 0 Å². The van der Waals surface area contributed by atoms with E-state index in [-0.39, 0.29) is 24.0 Å². The fourth-order valence-electron chi connectivity index (χ4n) is 3.48. The van der Waals surface area contributed by atoms with Gasteiger partial charge in [-0.15, -0.1) is 0 Å². The molecule has 0 saturated carbocycles. The van der Waals surface area contributed by atoms with Crippen LogP contribution in [0.25, 0.3) is 0 Å². The summed E-state index contributed by atoms with van der Waals surface area (Å²) in [5.74, 6) is -1.69. The van der Waals surface area contributed by atoms with Crippen LogP contribution in [0.3, 0.4) is 0 Å². The van der Waals surface area contributed by atoms with Crippen LogP contribution in [0.15, 0.2) is 42.5 Å². The number of hydrogen-bond acceptors (Lipinski definition) is 6. The molecule has 2 aliphatic heterocycles. The van der Waals surface area contributed by atoms with Gasteiger partial charge in [-0.2, -0.15) is 0 Å². The molecule has 4 amide bonds. The minimum Gasteiger partial charge on any atom is -0.489 e. The molecule has 0 radical (unpaired) electrons. The molecule has 2 aliphatic rings. The van der Waals surface area contributed by atoms with Crippen molar-refractivity contribution in [3.63, 3.8) is 0 Å². The van der Waals surface area contributed by atoms with Gasteiger partial charge in [-0.05, 0) is 35.7 Å². The molecule has 0 aromatic heterocycles. The zero-order chi connectivity index (χ0) is 20.5. The predicted octanol–water partition coefficient (Wildman–Crippen LogP) is 1.13. The number of benzene rings is 2. The van der Waals surface area contributed by atoms with Crippen molar-refractivity contribution < 1.29 is 23.9 Å². The zero-order valence-corrected chi connectivity index (χ0v) is 15.5. The maximum absolute atomic E-state index is 12.8. The van der Waals surface area contributed by atoms with Crippen molar-refractivity contribution >= 4 is 23.6 Å². The third-order valence-corrected chi connectivity index (χ3v) is 5.08. The fraction of sp³-hybridized carbons (Fsp3) is 0.238. The summed E-state index contributed by atoms with van der Waals surface area (Å²) in [6, 6.07) is 11.3. The number of carbonyl (C=O) groups excluding carboxylic acids is 4. The summed E-state index contributed by atoms with van der Waals surface area (Å²) in [4.78, 5) is 49.8. The summed E-state index contributed by atoms with van der Waals surface area (Å²) >= 11 is 0. The molecule has 2 heterocycles. The summed E-state index contributed by atoms with van der Waals surface area (Å²) in [5, 5.41) is 2.18. The lowest BCUT2D eigenvalue weighted by Gasteiger charge is -2.27. The van der Waals surface area contributed by atoms with Crippen molar-refractivity contribution in [1.82, 2.24) is 10.2 Å².